The van der Waals surface area contributed by atoms with Gasteiger partial charge in [-0.25, -0.2) is 0 Å². The third kappa shape index (κ3) is 4.03. The van der Waals surface area contributed by atoms with E-state index in [1.54, 1.807) is 25.1 Å². The number of rotatable bonds is 7. The molecule has 2 rings (SSSR count). The predicted octanol–water partition coefficient (Wildman–Crippen LogP) is 4.62. The molecule has 0 amide bonds. The predicted molar refractivity (Wildman–Crippen MR) is 106 cm³/mol. The number of halogens is 1. The number of carbonyl (C=O) groups is 2. The van der Waals surface area contributed by atoms with Crippen LogP contribution in [0.4, 0.5) is 0 Å². The summed E-state index contributed by atoms with van der Waals surface area (Å²) in [6.45, 7) is 3.48. The average Bonchev–Trinajstić information content (AvgIpc) is 2.61. The fraction of sp³-hybridized carbons (Fsp3) is 0.300. The van der Waals surface area contributed by atoms with Gasteiger partial charge in [-0.3, -0.25) is 9.59 Å². The summed E-state index contributed by atoms with van der Waals surface area (Å²) in [6.07, 6.45) is 0.608. The van der Waals surface area contributed by atoms with E-state index in [2.05, 4.69) is 22.6 Å². The van der Waals surface area contributed by atoms with Crippen LogP contribution in [0.15, 0.2) is 36.4 Å². The number of ether oxygens (including phenoxy) is 2. The largest absolute Gasteiger partial charge is 0.493 e. The quantitative estimate of drug-likeness (QED) is 0.455. The molecule has 0 saturated heterocycles. The van der Waals surface area contributed by atoms with Crippen molar-refractivity contribution in [3.63, 3.8) is 0 Å². The van der Waals surface area contributed by atoms with Crippen LogP contribution in [0, 0.1) is 3.57 Å². The Morgan fingerprint density at radius 2 is 1.64 bits per heavy atom. The van der Waals surface area contributed by atoms with Gasteiger partial charge in [0.2, 0.25) is 0 Å². The van der Waals surface area contributed by atoms with Gasteiger partial charge in [-0.1, -0.05) is 19.1 Å². The topological polar surface area (TPSA) is 52.6 Å². The number of ketones is 2. The maximum absolute atomic E-state index is 13.2. The molecule has 5 heteroatoms. The van der Waals surface area contributed by atoms with Crippen molar-refractivity contribution < 1.29 is 19.1 Å². The second-order valence-corrected chi connectivity index (χ2v) is 6.84. The van der Waals surface area contributed by atoms with Gasteiger partial charge in [0.05, 0.1) is 14.2 Å². The zero-order chi connectivity index (χ0) is 18.6. The highest BCUT2D eigenvalue weighted by molar-refractivity contribution is 14.1. The lowest BCUT2D eigenvalue weighted by Gasteiger charge is -2.19. The summed E-state index contributed by atoms with van der Waals surface area (Å²) in [4.78, 5) is 25.3. The summed E-state index contributed by atoms with van der Waals surface area (Å²) in [7, 11) is 3.07. The van der Waals surface area contributed by atoms with Crippen LogP contribution in [-0.2, 0) is 4.79 Å². The first-order valence-corrected chi connectivity index (χ1v) is 9.08. The number of hydrogen-bond donors (Lipinski definition) is 0. The monoisotopic (exact) mass is 452 g/mol. The molecule has 25 heavy (non-hydrogen) atoms. The second-order valence-electron chi connectivity index (χ2n) is 5.67. The zero-order valence-electron chi connectivity index (χ0n) is 14.8. The van der Waals surface area contributed by atoms with E-state index in [4.69, 9.17) is 9.47 Å². The summed E-state index contributed by atoms with van der Waals surface area (Å²) < 4.78 is 11.6. The van der Waals surface area contributed by atoms with Gasteiger partial charge in [0.25, 0.3) is 0 Å². The van der Waals surface area contributed by atoms with Gasteiger partial charge in [0.15, 0.2) is 17.3 Å². The first kappa shape index (κ1) is 19.4. The number of carbonyl (C=O) groups excluding carboxylic acids is 2. The summed E-state index contributed by atoms with van der Waals surface area (Å²) >= 11 is 2.14. The molecular weight excluding hydrogens is 431 g/mol. The third-order valence-corrected chi connectivity index (χ3v) is 5.13. The molecule has 0 aliphatic heterocycles. The minimum absolute atomic E-state index is 0.0199. The fourth-order valence-electron chi connectivity index (χ4n) is 2.90. The van der Waals surface area contributed by atoms with E-state index in [1.165, 1.54) is 14.2 Å². The molecule has 0 aromatic heterocycles. The summed E-state index contributed by atoms with van der Waals surface area (Å²) in [5.74, 6) is 0.516. The SMILES string of the molecule is CCC(C(C)=O)c1cc(OC)c(OC)cc1C(=O)c1ccccc1I. The first-order chi connectivity index (χ1) is 11.9. The molecule has 0 spiro atoms. The molecule has 0 heterocycles. The maximum atomic E-state index is 13.2. The van der Waals surface area contributed by atoms with Crippen LogP contribution in [0.3, 0.4) is 0 Å². The molecule has 2 aromatic rings. The van der Waals surface area contributed by atoms with Crippen molar-refractivity contribution in [2.24, 2.45) is 0 Å². The van der Waals surface area contributed by atoms with E-state index in [0.29, 0.717) is 34.6 Å². The van der Waals surface area contributed by atoms with Crippen LogP contribution < -0.4 is 9.47 Å². The highest BCUT2D eigenvalue weighted by Crippen LogP contribution is 2.36. The van der Waals surface area contributed by atoms with E-state index in [9.17, 15) is 9.59 Å². The lowest BCUT2D eigenvalue weighted by Crippen LogP contribution is -2.15. The van der Waals surface area contributed by atoms with Crippen molar-refractivity contribution in [2.45, 2.75) is 26.2 Å². The van der Waals surface area contributed by atoms with Crippen molar-refractivity contribution in [1.29, 1.82) is 0 Å². The number of hydrogen-bond acceptors (Lipinski definition) is 4. The number of benzene rings is 2. The van der Waals surface area contributed by atoms with Crippen LogP contribution in [-0.4, -0.2) is 25.8 Å². The zero-order valence-corrected chi connectivity index (χ0v) is 16.9. The van der Waals surface area contributed by atoms with Gasteiger partial charge in [-0.2, -0.15) is 0 Å². The molecule has 0 aliphatic carbocycles. The Morgan fingerprint density at radius 1 is 1.04 bits per heavy atom. The Bertz CT molecular complexity index is 798. The molecule has 0 radical (unpaired) electrons. The molecule has 2 aromatic carbocycles. The minimum Gasteiger partial charge on any atom is -0.493 e. The lowest BCUT2D eigenvalue weighted by atomic mass is 9.86. The maximum Gasteiger partial charge on any atom is 0.194 e. The molecule has 0 N–H and O–H groups in total. The normalized spacial score (nSPS) is 11.7. The van der Waals surface area contributed by atoms with Gasteiger partial charge >= 0.3 is 0 Å². The molecule has 1 unspecified atom stereocenters. The molecule has 0 bridgehead atoms. The third-order valence-electron chi connectivity index (χ3n) is 4.19. The standard InChI is InChI=1S/C20H21IO4/c1-5-13(12(2)22)15-10-18(24-3)19(25-4)11-16(15)20(23)14-8-6-7-9-17(14)21/h6-11,13H,5H2,1-4H3. The van der Waals surface area contributed by atoms with Gasteiger partial charge in [-0.05, 0) is 65.8 Å². The Morgan fingerprint density at radius 3 is 2.16 bits per heavy atom. The molecule has 0 fully saturated rings. The van der Waals surface area contributed by atoms with E-state index in [-0.39, 0.29) is 17.5 Å². The van der Waals surface area contributed by atoms with Gasteiger partial charge in [-0.15, -0.1) is 0 Å². The van der Waals surface area contributed by atoms with Gasteiger partial charge in [0, 0.05) is 20.6 Å². The number of Topliss-reactive ketones (excluding diaryl/α,β-unsaturated/α-hetero) is 1. The first-order valence-electron chi connectivity index (χ1n) is 8.00. The minimum atomic E-state index is -0.361. The number of methoxy groups -OCH3 is 2. The summed E-state index contributed by atoms with van der Waals surface area (Å²) in [5.41, 5.74) is 1.76. The van der Waals surface area contributed by atoms with Crippen LogP contribution in [0.25, 0.3) is 0 Å². The Kier molecular flexibility index (Phi) is 6.58. The van der Waals surface area contributed by atoms with Crippen LogP contribution >= 0.6 is 22.6 Å². The summed E-state index contributed by atoms with van der Waals surface area (Å²) in [6, 6.07) is 10.8. The fourth-order valence-corrected chi connectivity index (χ4v) is 3.53. The molecular formula is C20H21IO4. The van der Waals surface area contributed by atoms with Crippen molar-refractivity contribution in [3.8, 4) is 11.5 Å². The van der Waals surface area contributed by atoms with E-state index >= 15 is 0 Å². The molecule has 0 aliphatic rings. The Hall–Kier alpha value is -1.89. The van der Waals surface area contributed by atoms with Crippen LogP contribution in [0.5, 0.6) is 11.5 Å². The van der Waals surface area contributed by atoms with Crippen LogP contribution in [0.2, 0.25) is 0 Å². The van der Waals surface area contributed by atoms with Crippen LogP contribution in [0.1, 0.15) is 47.7 Å². The Balaban J connectivity index is 2.71. The van der Waals surface area contributed by atoms with Crippen molar-refractivity contribution >= 4 is 34.2 Å². The van der Waals surface area contributed by atoms with E-state index in [1.807, 2.05) is 25.1 Å². The highest BCUT2D eigenvalue weighted by atomic mass is 127. The smallest absolute Gasteiger partial charge is 0.194 e. The Labute approximate surface area is 161 Å². The van der Waals surface area contributed by atoms with Gasteiger partial charge in [0.1, 0.15) is 5.78 Å². The average molecular weight is 452 g/mol. The van der Waals surface area contributed by atoms with Gasteiger partial charge < -0.3 is 9.47 Å². The van der Waals surface area contributed by atoms with Crippen molar-refractivity contribution in [2.75, 3.05) is 14.2 Å². The highest BCUT2D eigenvalue weighted by Gasteiger charge is 2.26. The van der Waals surface area contributed by atoms with Crippen molar-refractivity contribution in [3.05, 3.63) is 56.7 Å². The van der Waals surface area contributed by atoms with E-state index < -0.39 is 0 Å². The van der Waals surface area contributed by atoms with E-state index in [0.717, 1.165) is 3.57 Å². The lowest BCUT2D eigenvalue weighted by molar-refractivity contribution is -0.118. The molecule has 4 nitrogen and oxygen atoms in total. The molecule has 0 saturated carbocycles. The molecule has 132 valence electrons. The van der Waals surface area contributed by atoms with Crippen molar-refractivity contribution in [1.82, 2.24) is 0 Å². The molecule has 1 atom stereocenters. The second kappa shape index (κ2) is 8.47. The summed E-state index contributed by atoms with van der Waals surface area (Å²) in [5, 5.41) is 0.